The molecule has 7 aromatic carbocycles. The number of hydrogen-bond acceptors (Lipinski definition) is 0. The van der Waals surface area contributed by atoms with Gasteiger partial charge in [0.2, 0.25) is 0 Å². The number of benzene rings is 7. The zero-order valence-electron chi connectivity index (χ0n) is 33.3. The molecule has 2 fully saturated rings. The summed E-state index contributed by atoms with van der Waals surface area (Å²) in [7, 11) is 0. The Kier molecular flexibility index (Phi) is 5.62. The maximum absolute atomic E-state index is 2.82. The molecule has 5 heterocycles. The van der Waals surface area contributed by atoms with Gasteiger partial charge in [-0.25, -0.2) is 0 Å². The van der Waals surface area contributed by atoms with Gasteiger partial charge in [-0.1, -0.05) is 123 Å². The van der Waals surface area contributed by atoms with Crippen molar-refractivity contribution in [1.29, 1.82) is 0 Å². The molecule has 0 amide bonds. The SMILES string of the molecule is Cc1c(C)n2c3c(cc4ccccc4c13)B1c3c-2ccc2c3-n3c4c1cc(C1CCCC1)cc4c1cc(C4CCCC4)cc(c13)C21c2ccccc2-c2ccccc21. The molecule has 3 aliphatic carbocycles. The first kappa shape index (κ1) is 31.2. The van der Waals surface area contributed by atoms with E-state index in [0.29, 0.717) is 11.8 Å². The first-order valence-electron chi connectivity index (χ1n) is 22.2. The van der Waals surface area contributed by atoms with Crippen molar-refractivity contribution in [3.63, 3.8) is 0 Å². The third-order valence-electron chi connectivity index (χ3n) is 16.5. The molecule has 2 nitrogen and oxygen atoms in total. The van der Waals surface area contributed by atoms with E-state index in [1.165, 1.54) is 167 Å². The van der Waals surface area contributed by atoms with Crippen molar-refractivity contribution in [3.8, 4) is 22.5 Å². The summed E-state index contributed by atoms with van der Waals surface area (Å²) in [5.74, 6) is 1.24. The van der Waals surface area contributed by atoms with Gasteiger partial charge >= 0.3 is 0 Å². The van der Waals surface area contributed by atoms with Gasteiger partial charge in [0, 0.05) is 44.3 Å². The Hall–Kier alpha value is -5.80. The largest absolute Gasteiger partial charge is 0.315 e. The van der Waals surface area contributed by atoms with Gasteiger partial charge in [0.05, 0.1) is 10.9 Å². The van der Waals surface area contributed by atoms with E-state index in [0.717, 1.165) is 0 Å². The van der Waals surface area contributed by atoms with Crippen LogP contribution in [0.25, 0.3) is 66.0 Å². The monoisotopic (exact) mass is 742 g/mol. The Balaban J connectivity index is 1.21. The van der Waals surface area contributed by atoms with Gasteiger partial charge in [0.1, 0.15) is 0 Å². The highest BCUT2D eigenvalue weighted by Gasteiger charge is 2.54. The lowest BCUT2D eigenvalue weighted by atomic mass is 9.33. The van der Waals surface area contributed by atoms with Crippen LogP contribution >= 0.6 is 0 Å². The molecule has 0 N–H and O–H groups in total. The molecule has 3 heteroatoms. The second-order valence-corrected chi connectivity index (χ2v) is 18.9. The van der Waals surface area contributed by atoms with Gasteiger partial charge in [-0.3, -0.25) is 0 Å². The van der Waals surface area contributed by atoms with E-state index in [1.807, 2.05) is 0 Å². The van der Waals surface area contributed by atoms with Crippen molar-refractivity contribution in [2.45, 2.75) is 82.5 Å². The summed E-state index contributed by atoms with van der Waals surface area (Å²) in [5.41, 5.74) is 25.7. The van der Waals surface area contributed by atoms with Crippen LogP contribution in [0.4, 0.5) is 0 Å². The third kappa shape index (κ3) is 3.36. The second kappa shape index (κ2) is 10.4. The minimum absolute atomic E-state index is 0.138. The molecule has 0 radical (unpaired) electrons. The fraction of sp³-hybridized carbons (Fsp3) is 0.236. The predicted molar refractivity (Wildman–Crippen MR) is 243 cm³/mol. The number of fused-ring (bicyclic) bond motifs is 13. The number of nitrogens with zero attached hydrogens (tertiary/aromatic N) is 2. The van der Waals surface area contributed by atoms with Crippen LogP contribution in [-0.4, -0.2) is 15.8 Å². The topological polar surface area (TPSA) is 9.86 Å². The molecule has 0 bridgehead atoms. The van der Waals surface area contributed by atoms with E-state index in [2.05, 4.69) is 138 Å². The molecule has 0 unspecified atom stereocenters. The first-order valence-corrected chi connectivity index (χ1v) is 22.2. The van der Waals surface area contributed by atoms with Crippen molar-refractivity contribution in [2.75, 3.05) is 0 Å². The van der Waals surface area contributed by atoms with Gasteiger partial charge in [-0.15, -0.1) is 0 Å². The van der Waals surface area contributed by atoms with Crippen molar-refractivity contribution < 1.29 is 0 Å². The Morgan fingerprint density at radius 1 is 0.534 bits per heavy atom. The van der Waals surface area contributed by atoms with Crippen LogP contribution in [-0.2, 0) is 5.41 Å². The van der Waals surface area contributed by atoms with E-state index in [4.69, 9.17) is 0 Å². The van der Waals surface area contributed by atoms with E-state index >= 15 is 0 Å². The summed E-state index contributed by atoms with van der Waals surface area (Å²) in [6.07, 6.45) is 10.6. The maximum atomic E-state index is 2.82. The predicted octanol–water partition coefficient (Wildman–Crippen LogP) is 11.6. The van der Waals surface area contributed by atoms with E-state index < -0.39 is 5.41 Å². The standard InChI is InChI=1S/C55H43BN2/c1-30-31(2)57-48-24-23-44-53-50(48)56(47-28-34-17-7-8-18-37(34)49(30)54(47)57)46-29-36(33-15-5-6-16-33)26-41-40-25-35(32-13-3-4-14-32)27-45(51(40)58(53)52(41)46)55(44)42-21-11-9-19-38(42)39-20-10-12-22-43(39)55/h7-12,17-29,32-33H,3-6,13-16H2,1-2H3. The van der Waals surface area contributed by atoms with Crippen LogP contribution in [0.2, 0.25) is 0 Å². The molecule has 15 rings (SSSR count). The van der Waals surface area contributed by atoms with E-state index in [-0.39, 0.29) is 6.71 Å². The maximum Gasteiger partial charge on any atom is 0.252 e. The number of rotatable bonds is 2. The molecule has 0 saturated heterocycles. The molecular formula is C55H43BN2. The highest BCUT2D eigenvalue weighted by Crippen LogP contribution is 2.62. The van der Waals surface area contributed by atoms with Crippen LogP contribution in [0.15, 0.2) is 115 Å². The highest BCUT2D eigenvalue weighted by molar-refractivity contribution is 7.00. The second-order valence-electron chi connectivity index (χ2n) is 18.9. The van der Waals surface area contributed by atoms with Gasteiger partial charge in [-0.05, 0) is 147 Å². The number of aryl methyl sites for hydroxylation is 1. The fourth-order valence-corrected chi connectivity index (χ4v) is 14.1. The molecule has 2 saturated carbocycles. The Bertz CT molecular complexity index is 3350. The highest BCUT2D eigenvalue weighted by atomic mass is 15.1. The van der Waals surface area contributed by atoms with Crippen LogP contribution < -0.4 is 16.4 Å². The molecule has 1 spiro atoms. The summed E-state index contributed by atoms with van der Waals surface area (Å²) < 4.78 is 5.49. The average Bonchev–Trinajstić information content (AvgIpc) is 4.12. The Morgan fingerprint density at radius 2 is 1.16 bits per heavy atom. The first-order chi connectivity index (χ1) is 28.6. The minimum Gasteiger partial charge on any atom is -0.315 e. The minimum atomic E-state index is -0.425. The van der Waals surface area contributed by atoms with Crippen molar-refractivity contribution in [2.24, 2.45) is 0 Å². The van der Waals surface area contributed by atoms with Crippen LogP contribution in [0, 0.1) is 13.8 Å². The van der Waals surface area contributed by atoms with Crippen molar-refractivity contribution in [3.05, 3.63) is 160 Å². The molecular weight excluding hydrogens is 699 g/mol. The van der Waals surface area contributed by atoms with Gasteiger partial charge in [-0.2, -0.15) is 0 Å². The van der Waals surface area contributed by atoms with Gasteiger partial charge in [0.25, 0.3) is 6.71 Å². The Labute approximate surface area is 339 Å². The number of hydrogen-bond donors (Lipinski definition) is 0. The van der Waals surface area contributed by atoms with Gasteiger partial charge < -0.3 is 9.13 Å². The molecule has 2 aromatic heterocycles. The zero-order valence-corrected chi connectivity index (χ0v) is 33.3. The lowest BCUT2D eigenvalue weighted by Gasteiger charge is -2.44. The van der Waals surface area contributed by atoms with Gasteiger partial charge in [0.15, 0.2) is 0 Å². The summed E-state index contributed by atoms with van der Waals surface area (Å²) in [5, 5.41) is 7.13. The van der Waals surface area contributed by atoms with E-state index in [9.17, 15) is 0 Å². The van der Waals surface area contributed by atoms with Crippen molar-refractivity contribution in [1.82, 2.24) is 9.13 Å². The van der Waals surface area contributed by atoms with E-state index in [1.54, 1.807) is 11.1 Å². The molecule has 3 aliphatic heterocycles. The van der Waals surface area contributed by atoms with Crippen molar-refractivity contribution >= 4 is 66.6 Å². The molecule has 6 aliphatic rings. The number of aromatic nitrogens is 2. The summed E-state index contributed by atoms with van der Waals surface area (Å²) in [6.45, 7) is 4.87. The van der Waals surface area contributed by atoms with Crippen LogP contribution in [0.3, 0.4) is 0 Å². The van der Waals surface area contributed by atoms with Crippen LogP contribution in [0.5, 0.6) is 0 Å². The van der Waals surface area contributed by atoms with Crippen LogP contribution in [0.1, 0.15) is 108 Å². The molecule has 58 heavy (non-hydrogen) atoms. The Morgan fingerprint density at radius 3 is 1.88 bits per heavy atom. The fourth-order valence-electron chi connectivity index (χ4n) is 14.1. The third-order valence-corrected chi connectivity index (χ3v) is 16.5. The summed E-state index contributed by atoms with van der Waals surface area (Å²) >= 11 is 0. The lowest BCUT2D eigenvalue weighted by molar-refractivity contribution is 0.710. The summed E-state index contributed by atoms with van der Waals surface area (Å²) in [4.78, 5) is 0. The summed E-state index contributed by atoms with van der Waals surface area (Å²) in [6, 6.07) is 46.6. The zero-order chi connectivity index (χ0) is 37.8. The average molecular weight is 743 g/mol. The molecule has 9 aromatic rings. The molecule has 276 valence electrons. The molecule has 0 atom stereocenters. The quantitative estimate of drug-likeness (QED) is 0.156. The smallest absolute Gasteiger partial charge is 0.252 e. The lowest BCUT2D eigenvalue weighted by Crippen LogP contribution is -2.60. The normalized spacial score (nSPS) is 17.9.